The standard InChI is InChI=1S/C21H21N3O3S/c1-2-5-14-8-10-15(11-9-14)17-13-28-21(23-17)24-19(25)12-27-18-7-4-3-6-16(18)20(22)26/h3-4,6-11,13H,2,5,12H2,1H3,(H2,22,26)(H,23,24,25). The summed E-state index contributed by atoms with van der Waals surface area (Å²) in [6, 6.07) is 14.8. The van der Waals surface area contributed by atoms with Crippen LogP contribution in [0.1, 0.15) is 29.3 Å². The number of para-hydroxylation sites is 1. The van der Waals surface area contributed by atoms with Gasteiger partial charge in [0.25, 0.3) is 11.8 Å². The number of hydrogen-bond acceptors (Lipinski definition) is 5. The molecule has 2 aromatic carbocycles. The van der Waals surface area contributed by atoms with E-state index in [0.717, 1.165) is 24.1 Å². The number of nitrogens with one attached hydrogen (secondary N) is 1. The van der Waals surface area contributed by atoms with Crippen molar-refractivity contribution in [1.82, 2.24) is 4.98 Å². The number of carbonyl (C=O) groups excluding carboxylic acids is 2. The topological polar surface area (TPSA) is 94.3 Å². The summed E-state index contributed by atoms with van der Waals surface area (Å²) in [5.74, 6) is -0.693. The van der Waals surface area contributed by atoms with E-state index >= 15 is 0 Å². The number of thiazole rings is 1. The van der Waals surface area contributed by atoms with E-state index in [0.29, 0.717) is 5.13 Å². The Hall–Kier alpha value is -3.19. The number of nitrogens with two attached hydrogens (primary N) is 1. The van der Waals surface area contributed by atoms with Crippen molar-refractivity contribution in [2.45, 2.75) is 19.8 Å². The average molecular weight is 395 g/mol. The van der Waals surface area contributed by atoms with Crippen LogP contribution in [0.4, 0.5) is 5.13 Å². The minimum absolute atomic E-state index is 0.235. The van der Waals surface area contributed by atoms with Crippen molar-refractivity contribution in [1.29, 1.82) is 0 Å². The maximum atomic E-state index is 12.1. The first-order valence-electron chi connectivity index (χ1n) is 8.93. The lowest BCUT2D eigenvalue weighted by Gasteiger charge is -2.08. The molecular formula is C21H21N3O3S. The molecule has 0 aliphatic heterocycles. The van der Waals surface area contributed by atoms with Gasteiger partial charge in [-0.25, -0.2) is 4.98 Å². The number of aromatic nitrogens is 1. The van der Waals surface area contributed by atoms with Gasteiger partial charge in [-0.1, -0.05) is 49.7 Å². The van der Waals surface area contributed by atoms with Gasteiger partial charge in [0.15, 0.2) is 11.7 Å². The summed E-state index contributed by atoms with van der Waals surface area (Å²) in [6.45, 7) is 1.91. The molecule has 3 aromatic rings. The number of amides is 2. The molecule has 2 amide bonds. The van der Waals surface area contributed by atoms with E-state index in [1.54, 1.807) is 24.3 Å². The molecule has 0 saturated heterocycles. The highest BCUT2D eigenvalue weighted by Gasteiger charge is 2.12. The van der Waals surface area contributed by atoms with Crippen molar-refractivity contribution in [3.63, 3.8) is 0 Å². The lowest BCUT2D eigenvalue weighted by molar-refractivity contribution is -0.118. The largest absolute Gasteiger partial charge is 0.483 e. The monoisotopic (exact) mass is 395 g/mol. The summed E-state index contributed by atoms with van der Waals surface area (Å²) in [7, 11) is 0. The number of aryl methyl sites for hydroxylation is 1. The zero-order valence-corrected chi connectivity index (χ0v) is 16.3. The van der Waals surface area contributed by atoms with Gasteiger partial charge in [-0.2, -0.15) is 0 Å². The Kier molecular flexibility index (Phi) is 6.39. The lowest BCUT2D eigenvalue weighted by Crippen LogP contribution is -2.21. The normalized spacial score (nSPS) is 10.5. The predicted molar refractivity (Wildman–Crippen MR) is 111 cm³/mol. The molecule has 0 saturated carbocycles. The molecule has 144 valence electrons. The summed E-state index contributed by atoms with van der Waals surface area (Å²) in [5, 5.41) is 5.10. The number of nitrogens with zero attached hydrogens (tertiary/aromatic N) is 1. The van der Waals surface area contributed by atoms with Crippen molar-refractivity contribution in [3.05, 3.63) is 65.0 Å². The maximum Gasteiger partial charge on any atom is 0.264 e. The van der Waals surface area contributed by atoms with E-state index in [1.807, 2.05) is 17.5 Å². The van der Waals surface area contributed by atoms with Crippen molar-refractivity contribution >= 4 is 28.3 Å². The molecule has 7 heteroatoms. The molecule has 0 aliphatic rings. The third-order valence-corrected chi connectivity index (χ3v) is 4.81. The maximum absolute atomic E-state index is 12.1. The number of hydrogen-bond donors (Lipinski definition) is 2. The van der Waals surface area contributed by atoms with Crippen LogP contribution in [0.15, 0.2) is 53.9 Å². The van der Waals surface area contributed by atoms with Crippen LogP contribution in [0.2, 0.25) is 0 Å². The number of rotatable bonds is 8. The van der Waals surface area contributed by atoms with Gasteiger partial charge >= 0.3 is 0 Å². The Balaban J connectivity index is 1.59. The SMILES string of the molecule is CCCc1ccc(-c2csc(NC(=O)COc3ccccc3C(N)=O)n2)cc1. The minimum atomic E-state index is -0.606. The second kappa shape index (κ2) is 9.14. The van der Waals surface area contributed by atoms with Crippen LogP contribution < -0.4 is 15.8 Å². The van der Waals surface area contributed by atoms with E-state index in [1.165, 1.54) is 16.9 Å². The Labute approximate surface area is 167 Å². The molecular weight excluding hydrogens is 374 g/mol. The Morgan fingerprint density at radius 2 is 1.89 bits per heavy atom. The molecule has 3 N–H and O–H groups in total. The summed E-state index contributed by atoms with van der Waals surface area (Å²) in [4.78, 5) is 28.0. The van der Waals surface area contributed by atoms with Crippen LogP contribution in [-0.4, -0.2) is 23.4 Å². The summed E-state index contributed by atoms with van der Waals surface area (Å²) in [6.07, 6.45) is 2.16. The van der Waals surface area contributed by atoms with Crippen LogP contribution in [0, 0.1) is 0 Å². The molecule has 0 bridgehead atoms. The fourth-order valence-electron chi connectivity index (χ4n) is 2.69. The molecule has 3 rings (SSSR count). The summed E-state index contributed by atoms with van der Waals surface area (Å²) in [5.41, 5.74) is 8.64. The van der Waals surface area contributed by atoms with Crippen LogP contribution in [-0.2, 0) is 11.2 Å². The third-order valence-electron chi connectivity index (χ3n) is 4.05. The van der Waals surface area contributed by atoms with Gasteiger partial charge < -0.3 is 10.5 Å². The van der Waals surface area contributed by atoms with Gasteiger partial charge in [0, 0.05) is 10.9 Å². The van der Waals surface area contributed by atoms with E-state index in [-0.39, 0.29) is 23.8 Å². The van der Waals surface area contributed by atoms with E-state index in [2.05, 4.69) is 29.4 Å². The highest BCUT2D eigenvalue weighted by molar-refractivity contribution is 7.14. The van der Waals surface area contributed by atoms with Gasteiger partial charge in [-0.3, -0.25) is 14.9 Å². The molecule has 0 fully saturated rings. The van der Waals surface area contributed by atoms with Crippen molar-refractivity contribution in [2.24, 2.45) is 5.73 Å². The highest BCUT2D eigenvalue weighted by Crippen LogP contribution is 2.25. The Bertz CT molecular complexity index is 967. The third kappa shape index (κ3) is 4.95. The molecule has 0 aliphatic carbocycles. The van der Waals surface area contributed by atoms with Crippen LogP contribution >= 0.6 is 11.3 Å². The number of ether oxygens (including phenoxy) is 1. The summed E-state index contributed by atoms with van der Waals surface area (Å²) < 4.78 is 5.42. The highest BCUT2D eigenvalue weighted by atomic mass is 32.1. The molecule has 28 heavy (non-hydrogen) atoms. The van der Waals surface area contributed by atoms with E-state index < -0.39 is 5.91 Å². The minimum Gasteiger partial charge on any atom is -0.483 e. The molecule has 0 unspecified atom stereocenters. The molecule has 1 heterocycles. The molecule has 0 spiro atoms. The molecule has 1 aromatic heterocycles. The fraction of sp³-hybridized carbons (Fsp3) is 0.190. The van der Waals surface area contributed by atoms with Crippen molar-refractivity contribution in [2.75, 3.05) is 11.9 Å². The van der Waals surface area contributed by atoms with Crippen molar-refractivity contribution in [3.8, 4) is 17.0 Å². The van der Waals surface area contributed by atoms with Crippen LogP contribution in [0.25, 0.3) is 11.3 Å². The van der Waals surface area contributed by atoms with Gasteiger partial charge in [0.1, 0.15) is 5.75 Å². The molecule has 0 radical (unpaired) electrons. The smallest absolute Gasteiger partial charge is 0.264 e. The van der Waals surface area contributed by atoms with E-state index in [4.69, 9.17) is 10.5 Å². The van der Waals surface area contributed by atoms with Gasteiger partial charge in [0.05, 0.1) is 11.3 Å². The number of primary amides is 1. The van der Waals surface area contributed by atoms with Crippen molar-refractivity contribution < 1.29 is 14.3 Å². The molecule has 6 nitrogen and oxygen atoms in total. The van der Waals surface area contributed by atoms with Crippen LogP contribution in [0.3, 0.4) is 0 Å². The zero-order chi connectivity index (χ0) is 19.9. The lowest BCUT2D eigenvalue weighted by atomic mass is 10.1. The second-order valence-electron chi connectivity index (χ2n) is 6.18. The Morgan fingerprint density at radius 3 is 2.61 bits per heavy atom. The number of carbonyl (C=O) groups is 2. The Morgan fingerprint density at radius 1 is 1.14 bits per heavy atom. The number of benzene rings is 2. The van der Waals surface area contributed by atoms with Crippen LogP contribution in [0.5, 0.6) is 5.75 Å². The summed E-state index contributed by atoms with van der Waals surface area (Å²) >= 11 is 1.34. The first kappa shape index (κ1) is 19.6. The predicted octanol–water partition coefficient (Wildman–Crippen LogP) is 3.88. The quantitative estimate of drug-likeness (QED) is 0.605. The average Bonchev–Trinajstić information content (AvgIpc) is 3.16. The van der Waals surface area contributed by atoms with Gasteiger partial charge in [-0.15, -0.1) is 11.3 Å². The first-order valence-corrected chi connectivity index (χ1v) is 9.81. The van der Waals surface area contributed by atoms with E-state index in [9.17, 15) is 9.59 Å². The van der Waals surface area contributed by atoms with Gasteiger partial charge in [0.2, 0.25) is 0 Å². The zero-order valence-electron chi connectivity index (χ0n) is 15.5. The molecule has 0 atom stereocenters. The first-order chi connectivity index (χ1) is 13.6. The van der Waals surface area contributed by atoms with Gasteiger partial charge in [-0.05, 0) is 24.1 Å². The fourth-order valence-corrected chi connectivity index (χ4v) is 3.43. The second-order valence-corrected chi connectivity index (χ2v) is 7.04. The number of anilines is 1.